The number of rotatable bonds is 3. The van der Waals surface area contributed by atoms with Crippen molar-refractivity contribution >= 4 is 11.3 Å². The molecule has 1 aromatic carbocycles. The standard InChI is InChI=1S/C12H14NOS.HI/c1-10-12(8-14)15-9-13(10)7-11-5-3-2-4-6-11;/h2-6,9,14H,7-8H2,1H3;1H/q+1;/p-1. The second kappa shape index (κ2) is 6.32. The van der Waals surface area contributed by atoms with Gasteiger partial charge in [0.25, 0.3) is 0 Å². The lowest BCUT2D eigenvalue weighted by Crippen LogP contribution is -3.00. The highest BCUT2D eigenvalue weighted by molar-refractivity contribution is 7.09. The van der Waals surface area contributed by atoms with E-state index in [1.54, 1.807) is 11.3 Å². The number of nitrogens with zero attached hydrogens (tertiary/aromatic N) is 1. The monoisotopic (exact) mass is 347 g/mol. The molecule has 2 aromatic rings. The van der Waals surface area contributed by atoms with Gasteiger partial charge in [0.1, 0.15) is 4.88 Å². The van der Waals surface area contributed by atoms with Crippen LogP contribution in [0.1, 0.15) is 16.1 Å². The first kappa shape index (κ1) is 13.6. The first-order valence-corrected chi connectivity index (χ1v) is 5.80. The summed E-state index contributed by atoms with van der Waals surface area (Å²) in [7, 11) is 0. The highest BCUT2D eigenvalue weighted by Gasteiger charge is 2.14. The van der Waals surface area contributed by atoms with E-state index in [0.29, 0.717) is 0 Å². The molecule has 0 atom stereocenters. The SMILES string of the molecule is Cc1c(CO)sc[n+]1Cc1ccccc1.[I-]. The Morgan fingerprint density at radius 3 is 2.50 bits per heavy atom. The van der Waals surface area contributed by atoms with Gasteiger partial charge in [-0.2, -0.15) is 4.57 Å². The summed E-state index contributed by atoms with van der Waals surface area (Å²) in [4.78, 5) is 1.05. The van der Waals surface area contributed by atoms with Crippen LogP contribution >= 0.6 is 11.3 Å². The van der Waals surface area contributed by atoms with E-state index in [4.69, 9.17) is 5.11 Å². The van der Waals surface area contributed by atoms with Crippen LogP contribution in [0, 0.1) is 6.92 Å². The van der Waals surface area contributed by atoms with Gasteiger partial charge in [-0.3, -0.25) is 0 Å². The number of aliphatic hydroxyl groups is 1. The highest BCUT2D eigenvalue weighted by atomic mass is 127. The van der Waals surface area contributed by atoms with Crippen molar-refractivity contribution in [3.05, 3.63) is 52.0 Å². The molecule has 0 aliphatic rings. The van der Waals surface area contributed by atoms with Crippen molar-refractivity contribution in [1.82, 2.24) is 0 Å². The van der Waals surface area contributed by atoms with Gasteiger partial charge in [0.2, 0.25) is 5.51 Å². The molecule has 4 heteroatoms. The molecule has 1 heterocycles. The molecule has 0 aliphatic heterocycles. The van der Waals surface area contributed by atoms with Crippen molar-refractivity contribution in [3.8, 4) is 0 Å². The number of halogens is 1. The topological polar surface area (TPSA) is 24.1 Å². The molecular weight excluding hydrogens is 333 g/mol. The van der Waals surface area contributed by atoms with Crippen LogP contribution in [-0.4, -0.2) is 5.11 Å². The Balaban J connectivity index is 0.00000128. The summed E-state index contributed by atoms with van der Waals surface area (Å²) >= 11 is 1.61. The van der Waals surface area contributed by atoms with Crippen molar-refractivity contribution in [2.45, 2.75) is 20.1 Å². The first-order valence-electron chi connectivity index (χ1n) is 4.92. The smallest absolute Gasteiger partial charge is 0.225 e. The summed E-state index contributed by atoms with van der Waals surface area (Å²) in [5.41, 5.74) is 4.51. The summed E-state index contributed by atoms with van der Waals surface area (Å²) in [5.74, 6) is 0. The van der Waals surface area contributed by atoms with Crippen molar-refractivity contribution in [2.24, 2.45) is 0 Å². The predicted molar refractivity (Wildman–Crippen MR) is 60.7 cm³/mol. The number of benzene rings is 1. The summed E-state index contributed by atoms with van der Waals surface area (Å²) in [5, 5.41) is 9.09. The van der Waals surface area contributed by atoms with Gasteiger partial charge < -0.3 is 29.1 Å². The predicted octanol–water partition coefficient (Wildman–Crippen LogP) is -1.11. The molecule has 0 amide bonds. The molecule has 1 N–H and O–H groups in total. The Labute approximate surface area is 117 Å². The fourth-order valence-electron chi connectivity index (χ4n) is 1.54. The van der Waals surface area contributed by atoms with E-state index >= 15 is 0 Å². The molecule has 0 spiro atoms. The fourth-order valence-corrected chi connectivity index (χ4v) is 2.39. The van der Waals surface area contributed by atoms with E-state index in [0.717, 1.165) is 17.1 Å². The fraction of sp³-hybridized carbons (Fsp3) is 0.250. The Hall–Kier alpha value is -0.460. The van der Waals surface area contributed by atoms with E-state index in [9.17, 15) is 0 Å². The van der Waals surface area contributed by atoms with Crippen molar-refractivity contribution < 1.29 is 33.7 Å². The van der Waals surface area contributed by atoms with E-state index in [2.05, 4.69) is 22.2 Å². The van der Waals surface area contributed by atoms with Gasteiger partial charge in [0.05, 0.1) is 6.61 Å². The summed E-state index contributed by atoms with van der Waals surface area (Å²) < 4.78 is 2.17. The van der Waals surface area contributed by atoms with Gasteiger partial charge in [-0.25, -0.2) is 0 Å². The summed E-state index contributed by atoms with van der Waals surface area (Å²) in [6.07, 6.45) is 0. The van der Waals surface area contributed by atoms with Gasteiger partial charge in [-0.1, -0.05) is 41.7 Å². The zero-order valence-electron chi connectivity index (χ0n) is 9.06. The zero-order chi connectivity index (χ0) is 10.7. The largest absolute Gasteiger partial charge is 1.00 e. The molecule has 0 saturated carbocycles. The van der Waals surface area contributed by atoms with Crippen LogP contribution < -0.4 is 28.5 Å². The van der Waals surface area contributed by atoms with Gasteiger partial charge in [-0.05, 0) is 0 Å². The average Bonchev–Trinajstić information content (AvgIpc) is 2.62. The van der Waals surface area contributed by atoms with E-state index in [-0.39, 0.29) is 30.6 Å². The number of thiazole rings is 1. The second-order valence-corrected chi connectivity index (χ2v) is 4.44. The van der Waals surface area contributed by atoms with Crippen LogP contribution in [0.2, 0.25) is 0 Å². The quantitative estimate of drug-likeness (QED) is 0.553. The third-order valence-corrected chi connectivity index (χ3v) is 3.56. The van der Waals surface area contributed by atoms with Gasteiger partial charge >= 0.3 is 0 Å². The van der Waals surface area contributed by atoms with E-state index in [1.165, 1.54) is 5.56 Å². The maximum atomic E-state index is 9.09. The lowest BCUT2D eigenvalue weighted by Gasteiger charge is -1.96. The molecule has 86 valence electrons. The molecule has 1 aromatic heterocycles. The highest BCUT2D eigenvalue weighted by Crippen LogP contribution is 2.11. The van der Waals surface area contributed by atoms with Gasteiger partial charge in [0.15, 0.2) is 12.2 Å². The number of hydrogen-bond donors (Lipinski definition) is 1. The maximum absolute atomic E-state index is 9.09. The van der Waals surface area contributed by atoms with Crippen LogP contribution in [-0.2, 0) is 13.2 Å². The van der Waals surface area contributed by atoms with Gasteiger partial charge in [0, 0.05) is 12.5 Å². The first-order chi connectivity index (χ1) is 7.31. The van der Waals surface area contributed by atoms with Gasteiger partial charge in [-0.15, -0.1) is 0 Å². The average molecular weight is 347 g/mol. The molecule has 0 fully saturated rings. The van der Waals surface area contributed by atoms with Crippen LogP contribution in [0.4, 0.5) is 0 Å². The number of hydrogen-bond acceptors (Lipinski definition) is 2. The molecule has 0 unspecified atom stereocenters. The minimum absolute atomic E-state index is 0. The third-order valence-electron chi connectivity index (χ3n) is 2.50. The number of aliphatic hydroxyl groups excluding tert-OH is 1. The molecule has 0 bridgehead atoms. The zero-order valence-corrected chi connectivity index (χ0v) is 12.0. The van der Waals surface area contributed by atoms with Crippen LogP contribution in [0.3, 0.4) is 0 Å². The Morgan fingerprint density at radius 1 is 1.25 bits per heavy atom. The Bertz CT molecular complexity index is 442. The lowest BCUT2D eigenvalue weighted by molar-refractivity contribution is -0.689. The molecule has 2 nitrogen and oxygen atoms in total. The minimum atomic E-state index is 0. The minimum Gasteiger partial charge on any atom is -1.00 e. The maximum Gasteiger partial charge on any atom is 0.225 e. The summed E-state index contributed by atoms with van der Waals surface area (Å²) in [6, 6.07) is 10.3. The second-order valence-electron chi connectivity index (χ2n) is 3.50. The van der Waals surface area contributed by atoms with Crippen molar-refractivity contribution in [2.75, 3.05) is 0 Å². The molecule has 0 aliphatic carbocycles. The molecule has 0 saturated heterocycles. The Kier molecular flexibility index (Phi) is 5.37. The number of aromatic nitrogens is 1. The normalized spacial score (nSPS) is 9.88. The van der Waals surface area contributed by atoms with Crippen molar-refractivity contribution in [3.63, 3.8) is 0 Å². The van der Waals surface area contributed by atoms with Crippen LogP contribution in [0.5, 0.6) is 0 Å². The molecular formula is C12H14INOS. The van der Waals surface area contributed by atoms with E-state index in [1.807, 2.05) is 25.1 Å². The van der Waals surface area contributed by atoms with Crippen molar-refractivity contribution in [1.29, 1.82) is 0 Å². The molecule has 2 rings (SSSR count). The molecule has 16 heavy (non-hydrogen) atoms. The summed E-state index contributed by atoms with van der Waals surface area (Å²) in [6.45, 7) is 3.06. The Morgan fingerprint density at radius 2 is 1.94 bits per heavy atom. The van der Waals surface area contributed by atoms with Crippen LogP contribution in [0.25, 0.3) is 0 Å². The third kappa shape index (κ3) is 3.02. The lowest BCUT2D eigenvalue weighted by atomic mass is 10.2. The van der Waals surface area contributed by atoms with Crippen LogP contribution in [0.15, 0.2) is 35.8 Å². The molecule has 0 radical (unpaired) electrons. The van der Waals surface area contributed by atoms with E-state index < -0.39 is 0 Å².